The summed E-state index contributed by atoms with van der Waals surface area (Å²) in [5, 5.41) is 4.95. The van der Waals surface area contributed by atoms with E-state index in [2.05, 4.69) is 84.9 Å². The molecular formula is C24H16O2S2. The summed E-state index contributed by atoms with van der Waals surface area (Å²) >= 11 is 0. The average molecular weight is 401 g/mol. The van der Waals surface area contributed by atoms with E-state index in [4.69, 9.17) is 8.37 Å². The van der Waals surface area contributed by atoms with Gasteiger partial charge in [0.1, 0.15) is 12.5 Å². The van der Waals surface area contributed by atoms with Gasteiger partial charge in [-0.1, -0.05) is 48.5 Å². The lowest BCUT2D eigenvalue weighted by atomic mass is 10.1. The predicted molar refractivity (Wildman–Crippen MR) is 119 cm³/mol. The van der Waals surface area contributed by atoms with Gasteiger partial charge in [-0.3, -0.25) is 0 Å². The Kier molecular flexibility index (Phi) is 3.67. The van der Waals surface area contributed by atoms with Gasteiger partial charge < -0.3 is 8.37 Å². The fraction of sp³-hybridized carbons (Fsp3) is 0. The lowest BCUT2D eigenvalue weighted by Gasteiger charge is -2.23. The summed E-state index contributed by atoms with van der Waals surface area (Å²) in [5.74, 6) is 0. The van der Waals surface area contributed by atoms with Crippen molar-refractivity contribution in [3.63, 3.8) is 0 Å². The standard InChI is InChI=1S/C24H16O2S2/c1-3-7-19-15-23-21(13-17(19)5-1)9-11-25-27(23)28-24-16-20-8-4-2-6-18(20)14-22(24)10-12-26-28/h1-16H. The van der Waals surface area contributed by atoms with Gasteiger partial charge in [-0.05, 0) is 69.1 Å². The molecule has 0 aliphatic carbocycles. The molecule has 0 spiro atoms. The Morgan fingerprint density at radius 3 is 1.32 bits per heavy atom. The second-order valence-corrected chi connectivity index (χ2v) is 10.8. The predicted octanol–water partition coefficient (Wildman–Crippen LogP) is 6.39. The van der Waals surface area contributed by atoms with E-state index in [-0.39, 0.29) is 0 Å². The van der Waals surface area contributed by atoms with E-state index in [9.17, 15) is 0 Å². The van der Waals surface area contributed by atoms with Gasteiger partial charge in [0.15, 0.2) is 0 Å². The molecule has 0 radical (unpaired) electrons. The summed E-state index contributed by atoms with van der Waals surface area (Å²) in [6.07, 6.45) is 7.73. The lowest BCUT2D eigenvalue weighted by molar-refractivity contribution is 0.543. The number of fused-ring (bicyclic) bond motifs is 4. The monoisotopic (exact) mass is 400 g/mol. The van der Waals surface area contributed by atoms with Gasteiger partial charge >= 0.3 is 0 Å². The molecule has 2 heterocycles. The highest BCUT2D eigenvalue weighted by atomic mass is 32.9. The lowest BCUT2D eigenvalue weighted by Crippen LogP contribution is -2.12. The van der Waals surface area contributed by atoms with Crippen LogP contribution in [-0.2, 0) is 27.8 Å². The first-order chi connectivity index (χ1) is 13.9. The molecule has 28 heavy (non-hydrogen) atoms. The minimum atomic E-state index is -0.499. The molecule has 136 valence electrons. The maximum Gasteiger partial charge on any atom is 0.102 e. The van der Waals surface area contributed by atoms with Crippen molar-refractivity contribution < 1.29 is 8.37 Å². The first kappa shape index (κ1) is 16.2. The highest BCUT2D eigenvalue weighted by molar-refractivity contribution is 8.40. The van der Waals surface area contributed by atoms with Crippen LogP contribution < -0.4 is 0 Å². The summed E-state index contributed by atoms with van der Waals surface area (Å²) in [4.78, 5) is 2.41. The highest BCUT2D eigenvalue weighted by Gasteiger charge is 2.22. The molecule has 2 aliphatic heterocycles. The van der Waals surface area contributed by atoms with Gasteiger partial charge in [0, 0.05) is 0 Å². The van der Waals surface area contributed by atoms with Gasteiger partial charge in [0.25, 0.3) is 0 Å². The van der Waals surface area contributed by atoms with Crippen LogP contribution >= 0.6 is 0 Å². The Morgan fingerprint density at radius 2 is 0.893 bits per heavy atom. The van der Waals surface area contributed by atoms with Crippen LogP contribution in [0.1, 0.15) is 11.1 Å². The van der Waals surface area contributed by atoms with Gasteiger partial charge in [-0.2, -0.15) is 0 Å². The molecule has 2 nitrogen and oxygen atoms in total. The molecule has 0 amide bonds. The van der Waals surface area contributed by atoms with E-state index in [0.717, 1.165) is 0 Å². The van der Waals surface area contributed by atoms with E-state index < -0.39 is 19.5 Å². The fourth-order valence-electron chi connectivity index (χ4n) is 3.66. The van der Waals surface area contributed by atoms with Crippen LogP contribution in [0.5, 0.6) is 0 Å². The number of hydrogen-bond donors (Lipinski definition) is 0. The average Bonchev–Trinajstić information content (AvgIpc) is 2.75. The molecule has 2 unspecified atom stereocenters. The second-order valence-electron chi connectivity index (χ2n) is 6.74. The molecule has 0 aromatic heterocycles. The SMILES string of the molecule is C1=Cc2cc3ccccc3cc2S(=S2OC=Cc3cc4ccccc4cc32)O1. The molecule has 2 aliphatic rings. The molecule has 0 saturated carbocycles. The maximum absolute atomic E-state index is 6.16. The molecule has 2 atom stereocenters. The zero-order valence-corrected chi connectivity index (χ0v) is 16.5. The third-order valence-electron chi connectivity index (χ3n) is 5.03. The van der Waals surface area contributed by atoms with Gasteiger partial charge in [-0.25, -0.2) is 0 Å². The Bertz CT molecular complexity index is 1260. The molecule has 4 heteroatoms. The van der Waals surface area contributed by atoms with Crippen LogP contribution in [-0.4, -0.2) is 0 Å². The Labute approximate surface area is 167 Å². The molecule has 4 aromatic carbocycles. The summed E-state index contributed by atoms with van der Waals surface area (Å²) < 4.78 is 12.3. The molecule has 4 aromatic rings. The Morgan fingerprint density at radius 1 is 0.500 bits per heavy atom. The van der Waals surface area contributed by atoms with Crippen molar-refractivity contribution in [2.45, 2.75) is 9.79 Å². The molecule has 0 N–H and O–H groups in total. The summed E-state index contributed by atoms with van der Waals surface area (Å²) in [6.45, 7) is 0. The highest BCUT2D eigenvalue weighted by Crippen LogP contribution is 2.35. The number of rotatable bonds is 0. The van der Waals surface area contributed by atoms with E-state index in [1.54, 1.807) is 0 Å². The quantitative estimate of drug-likeness (QED) is 0.340. The maximum atomic E-state index is 6.16. The minimum absolute atomic E-state index is 0.499. The van der Waals surface area contributed by atoms with Crippen LogP contribution in [0, 0.1) is 0 Å². The largest absolute Gasteiger partial charge is 0.428 e. The summed E-state index contributed by atoms with van der Waals surface area (Å²) in [5.41, 5.74) is 2.42. The smallest absolute Gasteiger partial charge is 0.102 e. The summed E-state index contributed by atoms with van der Waals surface area (Å²) in [7, 11) is -0.998. The topological polar surface area (TPSA) is 18.5 Å². The van der Waals surface area contributed by atoms with Crippen LogP contribution in [0.15, 0.2) is 95.1 Å². The molecule has 0 saturated heterocycles. The number of hydrogen-bond acceptors (Lipinski definition) is 2. The fourth-order valence-corrected chi connectivity index (χ4v) is 8.28. The first-order valence-electron chi connectivity index (χ1n) is 9.09. The Hall–Kier alpha value is -2.82. The van der Waals surface area contributed by atoms with Crippen molar-refractivity contribution in [2.75, 3.05) is 0 Å². The van der Waals surface area contributed by atoms with Gasteiger partial charge in [0.2, 0.25) is 0 Å². The Balaban J connectivity index is 1.63. The van der Waals surface area contributed by atoms with E-state index >= 15 is 0 Å². The van der Waals surface area contributed by atoms with E-state index in [1.165, 1.54) is 42.5 Å². The molecular weight excluding hydrogens is 384 g/mol. The van der Waals surface area contributed by atoms with Gasteiger partial charge in [-0.15, -0.1) is 0 Å². The third-order valence-corrected chi connectivity index (χ3v) is 9.68. The molecule has 0 fully saturated rings. The van der Waals surface area contributed by atoms with Crippen molar-refractivity contribution in [1.29, 1.82) is 0 Å². The van der Waals surface area contributed by atoms with Crippen molar-refractivity contribution >= 4 is 53.2 Å². The zero-order valence-electron chi connectivity index (χ0n) is 14.9. The molecule has 6 rings (SSSR count). The van der Waals surface area contributed by atoms with Crippen LogP contribution in [0.3, 0.4) is 0 Å². The normalized spacial score (nSPS) is 19.7. The third kappa shape index (κ3) is 2.53. The van der Waals surface area contributed by atoms with Crippen molar-refractivity contribution in [3.8, 4) is 0 Å². The van der Waals surface area contributed by atoms with E-state index in [1.807, 2.05) is 12.5 Å². The van der Waals surface area contributed by atoms with Crippen LogP contribution in [0.25, 0.3) is 33.7 Å². The van der Waals surface area contributed by atoms with Crippen molar-refractivity contribution in [1.82, 2.24) is 0 Å². The van der Waals surface area contributed by atoms with Crippen molar-refractivity contribution in [2.24, 2.45) is 0 Å². The van der Waals surface area contributed by atoms with Gasteiger partial charge in [0.05, 0.1) is 29.3 Å². The zero-order chi connectivity index (χ0) is 18.5. The van der Waals surface area contributed by atoms with Crippen LogP contribution in [0.4, 0.5) is 0 Å². The first-order valence-corrected chi connectivity index (χ1v) is 11.9. The molecule has 0 bridgehead atoms. The van der Waals surface area contributed by atoms with E-state index in [0.29, 0.717) is 0 Å². The van der Waals surface area contributed by atoms with Crippen LogP contribution in [0.2, 0.25) is 0 Å². The summed E-state index contributed by atoms with van der Waals surface area (Å²) in [6, 6.07) is 25.9. The number of benzene rings is 4. The van der Waals surface area contributed by atoms with Crippen molar-refractivity contribution in [3.05, 3.63) is 96.4 Å². The second kappa shape index (κ2) is 6.36. The minimum Gasteiger partial charge on any atom is -0.428 e.